The molecule has 0 atom stereocenters. The topological polar surface area (TPSA) is 50.2 Å². The highest BCUT2D eigenvalue weighted by Crippen LogP contribution is 2.37. The van der Waals surface area contributed by atoms with E-state index >= 15 is 0 Å². The molecule has 0 bridgehead atoms. The predicted molar refractivity (Wildman–Crippen MR) is 77.9 cm³/mol. The minimum atomic E-state index is -0.968. The molecule has 0 amide bonds. The lowest BCUT2D eigenvalue weighted by Crippen LogP contribution is -2.11. The average Bonchev–Trinajstić information content (AvgIpc) is 2.74. The fourth-order valence-electron chi connectivity index (χ4n) is 1.80. The molecule has 0 unspecified atom stereocenters. The fourth-order valence-corrected chi connectivity index (χ4v) is 3.00. The average molecular weight is 275 g/mol. The largest absolute Gasteiger partial charge is 0.476 e. The van der Waals surface area contributed by atoms with Crippen LogP contribution in [0.15, 0.2) is 24.3 Å². The Hall–Kier alpha value is -1.68. The molecule has 0 aliphatic rings. The molecule has 3 nitrogen and oxygen atoms in total. The zero-order valence-corrected chi connectivity index (χ0v) is 12.3. The van der Waals surface area contributed by atoms with Crippen LogP contribution in [0.1, 0.15) is 41.8 Å². The van der Waals surface area contributed by atoms with E-state index in [0.717, 1.165) is 21.0 Å². The Balaban J connectivity index is 2.66. The molecular formula is C15H17NO2S. The van der Waals surface area contributed by atoms with Crippen molar-refractivity contribution < 1.29 is 9.90 Å². The van der Waals surface area contributed by atoms with Gasteiger partial charge in [0, 0.05) is 5.41 Å². The van der Waals surface area contributed by atoms with Gasteiger partial charge in [0.25, 0.3) is 0 Å². The van der Waals surface area contributed by atoms with Gasteiger partial charge in [-0.05, 0) is 18.1 Å². The molecule has 1 heterocycles. The van der Waals surface area contributed by atoms with Gasteiger partial charge in [-0.15, -0.1) is 11.3 Å². The molecule has 2 aromatic rings. The smallest absolute Gasteiger partial charge is 0.356 e. The molecule has 4 heteroatoms. The maximum atomic E-state index is 11.4. The summed E-state index contributed by atoms with van der Waals surface area (Å²) in [5.41, 5.74) is 2.03. The monoisotopic (exact) mass is 275 g/mol. The van der Waals surface area contributed by atoms with Gasteiger partial charge in [-0.25, -0.2) is 9.78 Å². The van der Waals surface area contributed by atoms with Crippen molar-refractivity contribution in [3.63, 3.8) is 0 Å². The molecule has 0 saturated heterocycles. The molecule has 0 radical (unpaired) electrons. The van der Waals surface area contributed by atoms with Gasteiger partial charge in [0.15, 0.2) is 5.69 Å². The summed E-state index contributed by atoms with van der Waals surface area (Å²) in [5, 5.41) is 10.2. The number of carboxylic acids is 1. The molecule has 0 fully saturated rings. The second-order valence-corrected chi connectivity index (χ2v) is 6.57. The van der Waals surface area contributed by atoms with E-state index in [1.165, 1.54) is 11.3 Å². The first-order valence-electron chi connectivity index (χ1n) is 6.11. The number of hydrogen-bond donors (Lipinski definition) is 1. The minimum Gasteiger partial charge on any atom is -0.476 e. The van der Waals surface area contributed by atoms with Crippen LogP contribution in [-0.4, -0.2) is 16.1 Å². The van der Waals surface area contributed by atoms with Crippen LogP contribution in [0.2, 0.25) is 0 Å². The van der Waals surface area contributed by atoms with E-state index in [2.05, 4.69) is 4.98 Å². The number of carbonyl (C=O) groups is 1. The van der Waals surface area contributed by atoms with Crippen molar-refractivity contribution in [3.05, 3.63) is 40.5 Å². The second kappa shape index (κ2) is 4.78. The SMILES string of the molecule is Cc1ccccc1-c1sc(C(C)(C)C)nc1C(=O)O. The Bertz CT molecular complexity index is 623. The van der Waals surface area contributed by atoms with E-state index in [9.17, 15) is 9.90 Å². The van der Waals surface area contributed by atoms with Crippen molar-refractivity contribution in [1.82, 2.24) is 4.98 Å². The van der Waals surface area contributed by atoms with Crippen LogP contribution in [0.4, 0.5) is 0 Å². The van der Waals surface area contributed by atoms with Crippen molar-refractivity contribution in [3.8, 4) is 10.4 Å². The lowest BCUT2D eigenvalue weighted by atomic mass is 9.98. The van der Waals surface area contributed by atoms with Crippen LogP contribution in [0.5, 0.6) is 0 Å². The fraction of sp³-hybridized carbons (Fsp3) is 0.333. The summed E-state index contributed by atoms with van der Waals surface area (Å²) in [6.45, 7) is 8.11. The van der Waals surface area contributed by atoms with Gasteiger partial charge in [0.2, 0.25) is 0 Å². The van der Waals surface area contributed by atoms with Crippen molar-refractivity contribution >= 4 is 17.3 Å². The number of aromatic carboxylic acids is 1. The number of aryl methyl sites for hydroxylation is 1. The number of carboxylic acid groups (broad SMARTS) is 1. The Morgan fingerprint density at radius 2 is 1.89 bits per heavy atom. The third kappa shape index (κ3) is 2.68. The lowest BCUT2D eigenvalue weighted by molar-refractivity contribution is 0.0692. The lowest BCUT2D eigenvalue weighted by Gasteiger charge is -2.13. The van der Waals surface area contributed by atoms with Crippen LogP contribution in [0.25, 0.3) is 10.4 Å². The molecule has 2 rings (SSSR count). The van der Waals surface area contributed by atoms with Gasteiger partial charge < -0.3 is 5.11 Å². The molecule has 0 aliphatic carbocycles. The Morgan fingerprint density at radius 3 is 2.42 bits per heavy atom. The molecule has 19 heavy (non-hydrogen) atoms. The summed E-state index contributed by atoms with van der Waals surface area (Å²) in [5.74, 6) is -0.968. The van der Waals surface area contributed by atoms with E-state index in [0.29, 0.717) is 0 Å². The maximum Gasteiger partial charge on any atom is 0.356 e. The number of rotatable bonds is 2. The number of benzene rings is 1. The quantitative estimate of drug-likeness (QED) is 0.897. The number of aromatic nitrogens is 1. The second-order valence-electron chi connectivity index (χ2n) is 5.57. The van der Waals surface area contributed by atoms with E-state index in [4.69, 9.17) is 0 Å². The number of nitrogens with zero attached hydrogens (tertiary/aromatic N) is 1. The normalized spacial score (nSPS) is 11.6. The Kier molecular flexibility index (Phi) is 3.45. The molecule has 0 saturated carbocycles. The van der Waals surface area contributed by atoms with E-state index in [-0.39, 0.29) is 11.1 Å². The van der Waals surface area contributed by atoms with Crippen LogP contribution in [0.3, 0.4) is 0 Å². The van der Waals surface area contributed by atoms with Crippen molar-refractivity contribution in [2.75, 3.05) is 0 Å². The summed E-state index contributed by atoms with van der Waals surface area (Å²) in [7, 11) is 0. The van der Waals surface area contributed by atoms with Gasteiger partial charge in [0.1, 0.15) is 0 Å². The summed E-state index contributed by atoms with van der Waals surface area (Å²) < 4.78 is 0. The standard InChI is InChI=1S/C15H17NO2S/c1-9-7-5-6-8-10(9)12-11(13(17)18)16-14(19-12)15(2,3)4/h5-8H,1-4H3,(H,17,18). The van der Waals surface area contributed by atoms with Crippen molar-refractivity contribution in [1.29, 1.82) is 0 Å². The van der Waals surface area contributed by atoms with Gasteiger partial charge in [-0.3, -0.25) is 0 Å². The van der Waals surface area contributed by atoms with Crippen molar-refractivity contribution in [2.24, 2.45) is 0 Å². The summed E-state index contributed by atoms with van der Waals surface area (Å²) in [4.78, 5) is 16.5. The number of thiazole rings is 1. The summed E-state index contributed by atoms with van der Waals surface area (Å²) in [6, 6.07) is 7.80. The molecule has 1 aromatic heterocycles. The predicted octanol–water partition coefficient (Wildman–Crippen LogP) is 4.11. The highest BCUT2D eigenvalue weighted by atomic mass is 32.1. The molecule has 1 N–H and O–H groups in total. The van der Waals surface area contributed by atoms with Crippen molar-refractivity contribution in [2.45, 2.75) is 33.1 Å². The Morgan fingerprint density at radius 1 is 1.26 bits per heavy atom. The summed E-state index contributed by atoms with van der Waals surface area (Å²) in [6.07, 6.45) is 0. The van der Waals surface area contributed by atoms with Crippen LogP contribution in [0, 0.1) is 6.92 Å². The third-order valence-corrected chi connectivity index (χ3v) is 4.38. The highest BCUT2D eigenvalue weighted by Gasteiger charge is 2.25. The Labute approximate surface area is 116 Å². The van der Waals surface area contributed by atoms with Crippen LogP contribution < -0.4 is 0 Å². The molecular weight excluding hydrogens is 258 g/mol. The van der Waals surface area contributed by atoms with Gasteiger partial charge in [0.05, 0.1) is 9.88 Å². The van der Waals surface area contributed by atoms with Crippen LogP contribution >= 0.6 is 11.3 Å². The number of hydrogen-bond acceptors (Lipinski definition) is 3. The minimum absolute atomic E-state index is 0.143. The maximum absolute atomic E-state index is 11.4. The summed E-state index contributed by atoms with van der Waals surface area (Å²) >= 11 is 1.47. The zero-order chi connectivity index (χ0) is 14.2. The van der Waals surface area contributed by atoms with Gasteiger partial charge in [-0.1, -0.05) is 45.0 Å². The first-order valence-corrected chi connectivity index (χ1v) is 6.93. The van der Waals surface area contributed by atoms with E-state index in [1.54, 1.807) is 0 Å². The van der Waals surface area contributed by atoms with E-state index < -0.39 is 5.97 Å². The van der Waals surface area contributed by atoms with E-state index in [1.807, 2.05) is 52.0 Å². The van der Waals surface area contributed by atoms with Gasteiger partial charge >= 0.3 is 5.97 Å². The molecule has 1 aromatic carbocycles. The molecule has 0 aliphatic heterocycles. The molecule has 0 spiro atoms. The van der Waals surface area contributed by atoms with Gasteiger partial charge in [-0.2, -0.15) is 0 Å². The third-order valence-electron chi connectivity index (χ3n) is 2.86. The highest BCUT2D eigenvalue weighted by molar-refractivity contribution is 7.15. The zero-order valence-electron chi connectivity index (χ0n) is 11.5. The first kappa shape index (κ1) is 13.7. The first-order chi connectivity index (χ1) is 8.80. The van der Waals surface area contributed by atoms with Crippen LogP contribution in [-0.2, 0) is 5.41 Å². The molecule has 100 valence electrons.